The molecule has 0 bridgehead atoms. The number of hydrogen-bond donors (Lipinski definition) is 1. The SMILES string of the molecule is Cc1nc(C)c(C(=O)Nc2ccc(F)c(-c3cn4cc(N5CC(C)OC(C)C5)cnc4n3)c2)o1. The third-order valence-corrected chi connectivity index (χ3v) is 5.69. The topological polar surface area (TPSA) is 97.8 Å². The van der Waals surface area contributed by atoms with Gasteiger partial charge in [0.2, 0.25) is 11.5 Å². The van der Waals surface area contributed by atoms with E-state index in [4.69, 9.17) is 9.15 Å². The van der Waals surface area contributed by atoms with E-state index < -0.39 is 11.7 Å². The number of rotatable bonds is 4. The van der Waals surface area contributed by atoms with Gasteiger partial charge in [-0.3, -0.25) is 9.20 Å². The maximum atomic E-state index is 14.7. The van der Waals surface area contributed by atoms with Crippen LogP contribution in [-0.2, 0) is 4.74 Å². The van der Waals surface area contributed by atoms with E-state index in [0.717, 1.165) is 18.8 Å². The Morgan fingerprint density at radius 3 is 2.62 bits per heavy atom. The standard InChI is InChI=1S/C24H25FN6O3/c1-13-9-30(10-14(2)33-13)18-8-26-24-29-21(12-31(24)11-18)19-7-17(5-6-20(19)25)28-23(32)22-15(3)27-16(4)34-22/h5-8,11-14H,9-10H2,1-4H3,(H,28,32). The van der Waals surface area contributed by atoms with Crippen LogP contribution in [0.1, 0.15) is 36.0 Å². The first-order valence-electron chi connectivity index (χ1n) is 11.1. The fourth-order valence-electron chi connectivity index (χ4n) is 4.28. The zero-order valence-corrected chi connectivity index (χ0v) is 19.4. The molecule has 4 aromatic rings. The molecule has 5 rings (SSSR count). The highest BCUT2D eigenvalue weighted by Gasteiger charge is 2.23. The van der Waals surface area contributed by atoms with Gasteiger partial charge < -0.3 is 19.4 Å². The van der Waals surface area contributed by atoms with Crippen molar-refractivity contribution >= 4 is 23.1 Å². The average molecular weight is 465 g/mol. The number of imidazole rings is 1. The third kappa shape index (κ3) is 4.24. The number of halogens is 1. The number of hydrogen-bond acceptors (Lipinski definition) is 7. The average Bonchev–Trinajstić information content (AvgIpc) is 3.36. The zero-order chi connectivity index (χ0) is 24.0. The minimum atomic E-state index is -0.454. The van der Waals surface area contributed by atoms with Crippen LogP contribution in [0.5, 0.6) is 0 Å². The molecule has 176 valence electrons. The number of carbonyl (C=O) groups is 1. The van der Waals surface area contributed by atoms with Crippen molar-refractivity contribution in [3.63, 3.8) is 0 Å². The summed E-state index contributed by atoms with van der Waals surface area (Å²) < 4.78 is 27.7. The molecule has 34 heavy (non-hydrogen) atoms. The quantitative estimate of drug-likeness (QED) is 0.487. The molecule has 0 aliphatic carbocycles. The molecule has 0 spiro atoms. The first-order valence-corrected chi connectivity index (χ1v) is 11.1. The van der Waals surface area contributed by atoms with E-state index >= 15 is 0 Å². The Kier molecular flexibility index (Phi) is 5.52. The fraction of sp³-hybridized carbons (Fsp3) is 0.333. The molecule has 1 amide bonds. The van der Waals surface area contributed by atoms with Crippen molar-refractivity contribution in [2.45, 2.75) is 39.9 Å². The smallest absolute Gasteiger partial charge is 0.293 e. The molecule has 2 unspecified atom stereocenters. The first-order chi connectivity index (χ1) is 16.3. The Morgan fingerprint density at radius 2 is 1.91 bits per heavy atom. The third-order valence-electron chi connectivity index (χ3n) is 5.69. The summed E-state index contributed by atoms with van der Waals surface area (Å²) in [7, 11) is 0. The van der Waals surface area contributed by atoms with Crippen molar-refractivity contribution in [3.8, 4) is 11.3 Å². The summed E-state index contributed by atoms with van der Waals surface area (Å²) in [5, 5.41) is 2.74. The van der Waals surface area contributed by atoms with Crippen LogP contribution in [-0.4, -0.2) is 50.6 Å². The molecule has 10 heteroatoms. The lowest BCUT2D eigenvalue weighted by Gasteiger charge is -2.36. The normalized spacial score (nSPS) is 18.4. The predicted molar refractivity (Wildman–Crippen MR) is 125 cm³/mol. The number of nitrogens with one attached hydrogen (secondary N) is 1. The number of amides is 1. The van der Waals surface area contributed by atoms with Crippen molar-refractivity contribution in [2.75, 3.05) is 23.3 Å². The first kappa shape index (κ1) is 22.0. The van der Waals surface area contributed by atoms with Gasteiger partial charge in [0.05, 0.1) is 35.5 Å². The van der Waals surface area contributed by atoms with Crippen molar-refractivity contribution in [1.29, 1.82) is 0 Å². The number of carbonyl (C=O) groups excluding carboxylic acids is 1. The molecule has 0 saturated carbocycles. The molecule has 3 aromatic heterocycles. The van der Waals surface area contributed by atoms with Crippen molar-refractivity contribution in [3.05, 3.63) is 60.0 Å². The molecule has 1 saturated heterocycles. The molecular weight excluding hydrogens is 439 g/mol. The fourth-order valence-corrected chi connectivity index (χ4v) is 4.28. The zero-order valence-electron chi connectivity index (χ0n) is 19.4. The molecule has 2 atom stereocenters. The Labute approximate surface area is 195 Å². The lowest BCUT2D eigenvalue weighted by Crippen LogP contribution is -2.45. The van der Waals surface area contributed by atoms with E-state index in [-0.39, 0.29) is 23.5 Å². The van der Waals surface area contributed by atoms with Crippen LogP contribution in [0.25, 0.3) is 17.0 Å². The summed E-state index contributed by atoms with van der Waals surface area (Å²) in [5.74, 6) is 0.0735. The number of nitrogens with zero attached hydrogens (tertiary/aromatic N) is 5. The summed E-state index contributed by atoms with van der Waals surface area (Å²) in [6.07, 6.45) is 5.67. The number of anilines is 2. The number of aryl methyl sites for hydroxylation is 2. The van der Waals surface area contributed by atoms with Crippen molar-refractivity contribution < 1.29 is 18.3 Å². The Balaban J connectivity index is 1.43. The van der Waals surface area contributed by atoms with Crippen LogP contribution in [0.4, 0.5) is 15.8 Å². The molecule has 1 aromatic carbocycles. The lowest BCUT2D eigenvalue weighted by molar-refractivity contribution is -0.00525. The van der Waals surface area contributed by atoms with Crippen LogP contribution >= 0.6 is 0 Å². The highest BCUT2D eigenvalue weighted by atomic mass is 19.1. The number of morpholine rings is 1. The summed E-state index contributed by atoms with van der Waals surface area (Å²) >= 11 is 0. The molecule has 9 nitrogen and oxygen atoms in total. The summed E-state index contributed by atoms with van der Waals surface area (Å²) in [5.41, 5.74) is 2.51. The molecule has 1 aliphatic heterocycles. The van der Waals surface area contributed by atoms with Crippen LogP contribution in [0.15, 0.2) is 41.2 Å². The highest BCUT2D eigenvalue weighted by Crippen LogP contribution is 2.27. The lowest BCUT2D eigenvalue weighted by atomic mass is 10.1. The van der Waals surface area contributed by atoms with E-state index in [9.17, 15) is 9.18 Å². The van der Waals surface area contributed by atoms with Crippen molar-refractivity contribution in [2.24, 2.45) is 0 Å². The summed E-state index contributed by atoms with van der Waals surface area (Å²) in [6.45, 7) is 8.98. The Bertz CT molecular complexity index is 1370. The van der Waals surface area contributed by atoms with Crippen LogP contribution < -0.4 is 10.2 Å². The Hall–Kier alpha value is -3.79. The second-order valence-corrected chi connectivity index (χ2v) is 8.60. The minimum absolute atomic E-state index is 0.120. The highest BCUT2D eigenvalue weighted by molar-refractivity contribution is 6.03. The number of benzene rings is 1. The number of fused-ring (bicyclic) bond motifs is 1. The summed E-state index contributed by atoms with van der Waals surface area (Å²) in [4.78, 5) is 27.8. The minimum Gasteiger partial charge on any atom is -0.436 e. The van der Waals surface area contributed by atoms with Gasteiger partial charge in [0.25, 0.3) is 5.91 Å². The number of oxazole rings is 1. The monoisotopic (exact) mass is 464 g/mol. The molecule has 1 aliphatic rings. The Morgan fingerprint density at radius 1 is 1.15 bits per heavy atom. The molecule has 1 N–H and O–H groups in total. The van der Waals surface area contributed by atoms with Crippen LogP contribution in [0, 0.1) is 19.7 Å². The van der Waals surface area contributed by atoms with E-state index in [2.05, 4.69) is 25.2 Å². The second kappa shape index (κ2) is 8.53. The van der Waals surface area contributed by atoms with Crippen molar-refractivity contribution in [1.82, 2.24) is 19.4 Å². The molecule has 0 radical (unpaired) electrons. The van der Waals surface area contributed by atoms with Gasteiger partial charge in [-0.25, -0.2) is 19.3 Å². The van der Waals surface area contributed by atoms with Gasteiger partial charge >= 0.3 is 0 Å². The van der Waals surface area contributed by atoms with Gasteiger partial charge in [0, 0.05) is 43.7 Å². The van der Waals surface area contributed by atoms with Gasteiger partial charge in [-0.2, -0.15) is 0 Å². The molecular formula is C24H25FN6O3. The van der Waals surface area contributed by atoms with E-state index in [1.54, 1.807) is 36.7 Å². The number of aromatic nitrogens is 4. The maximum absolute atomic E-state index is 14.7. The van der Waals surface area contributed by atoms with Gasteiger partial charge in [-0.1, -0.05) is 0 Å². The van der Waals surface area contributed by atoms with Gasteiger partial charge in [0.1, 0.15) is 5.82 Å². The van der Waals surface area contributed by atoms with E-state index in [1.165, 1.54) is 12.1 Å². The van der Waals surface area contributed by atoms with Gasteiger partial charge in [0.15, 0.2) is 5.89 Å². The van der Waals surface area contributed by atoms with E-state index in [0.29, 0.717) is 28.7 Å². The number of ether oxygens (including phenoxy) is 1. The van der Waals surface area contributed by atoms with Crippen LogP contribution in [0.2, 0.25) is 0 Å². The van der Waals surface area contributed by atoms with E-state index in [1.807, 2.05) is 20.0 Å². The molecule has 4 heterocycles. The molecule has 1 fully saturated rings. The largest absolute Gasteiger partial charge is 0.436 e. The van der Waals surface area contributed by atoms with Crippen LogP contribution in [0.3, 0.4) is 0 Å². The van der Waals surface area contributed by atoms with Gasteiger partial charge in [-0.05, 0) is 39.0 Å². The second-order valence-electron chi connectivity index (χ2n) is 8.60. The van der Waals surface area contributed by atoms with Gasteiger partial charge in [-0.15, -0.1) is 0 Å². The summed E-state index contributed by atoms with van der Waals surface area (Å²) in [6, 6.07) is 4.32. The maximum Gasteiger partial charge on any atom is 0.293 e. The predicted octanol–water partition coefficient (Wildman–Crippen LogP) is 4.01.